The van der Waals surface area contributed by atoms with Gasteiger partial charge in [-0.05, 0) is 53.3 Å². The van der Waals surface area contributed by atoms with Crippen molar-refractivity contribution in [3.63, 3.8) is 0 Å². The first-order valence-corrected chi connectivity index (χ1v) is 8.25. The molecule has 0 radical (unpaired) electrons. The molecule has 0 aromatic heterocycles. The second kappa shape index (κ2) is 7.98. The Bertz CT molecular complexity index is 700. The van der Waals surface area contributed by atoms with Crippen molar-refractivity contribution in [3.05, 3.63) is 70.8 Å². The van der Waals surface area contributed by atoms with Crippen LogP contribution in [0.5, 0.6) is 5.75 Å². The van der Waals surface area contributed by atoms with Crippen LogP contribution in [0.2, 0.25) is 0 Å². The highest BCUT2D eigenvalue weighted by Gasteiger charge is 2.07. The Morgan fingerprint density at radius 3 is 2.48 bits per heavy atom. The summed E-state index contributed by atoms with van der Waals surface area (Å²) in [5.74, 6) is 0.986. The standard InChI is InChI=1S/C20H21ClO2/c1-14(2)16-6-3-15(4-7-16)5-9-19(22)17-8-10-20(23)18(13-17)11-12-21/h3-10,13-14,23H,11-12H2,1-2H3. The van der Waals surface area contributed by atoms with Crippen molar-refractivity contribution in [2.75, 3.05) is 5.88 Å². The van der Waals surface area contributed by atoms with E-state index in [-0.39, 0.29) is 11.5 Å². The maximum Gasteiger partial charge on any atom is 0.185 e. The number of aromatic hydroxyl groups is 1. The number of alkyl halides is 1. The molecule has 0 aliphatic rings. The molecule has 0 aliphatic carbocycles. The lowest BCUT2D eigenvalue weighted by atomic mass is 10.0. The average molecular weight is 329 g/mol. The van der Waals surface area contributed by atoms with Gasteiger partial charge < -0.3 is 5.11 Å². The third-order valence-electron chi connectivity index (χ3n) is 3.76. The van der Waals surface area contributed by atoms with E-state index in [4.69, 9.17) is 11.6 Å². The third-order valence-corrected chi connectivity index (χ3v) is 3.95. The van der Waals surface area contributed by atoms with Crippen LogP contribution in [0.3, 0.4) is 0 Å². The van der Waals surface area contributed by atoms with E-state index >= 15 is 0 Å². The van der Waals surface area contributed by atoms with E-state index in [9.17, 15) is 9.90 Å². The zero-order valence-electron chi connectivity index (χ0n) is 13.4. The third kappa shape index (κ3) is 4.70. The Hall–Kier alpha value is -2.06. The van der Waals surface area contributed by atoms with Gasteiger partial charge in [-0.25, -0.2) is 0 Å². The highest BCUT2D eigenvalue weighted by Crippen LogP contribution is 2.20. The Morgan fingerprint density at radius 1 is 1.17 bits per heavy atom. The molecular formula is C20H21ClO2. The predicted molar refractivity (Wildman–Crippen MR) is 96.4 cm³/mol. The van der Waals surface area contributed by atoms with E-state index < -0.39 is 0 Å². The summed E-state index contributed by atoms with van der Waals surface area (Å²) >= 11 is 5.71. The molecule has 0 aliphatic heterocycles. The topological polar surface area (TPSA) is 37.3 Å². The summed E-state index contributed by atoms with van der Waals surface area (Å²) in [5.41, 5.74) is 3.51. The van der Waals surface area contributed by atoms with Crippen LogP contribution in [0.25, 0.3) is 6.08 Å². The van der Waals surface area contributed by atoms with Crippen molar-refractivity contribution in [2.45, 2.75) is 26.2 Å². The number of ketones is 1. The van der Waals surface area contributed by atoms with Crippen LogP contribution in [-0.2, 0) is 6.42 Å². The second-order valence-corrected chi connectivity index (χ2v) is 6.18. The lowest BCUT2D eigenvalue weighted by molar-refractivity contribution is 0.104. The van der Waals surface area contributed by atoms with E-state index in [0.29, 0.717) is 29.3 Å². The van der Waals surface area contributed by atoms with Gasteiger partial charge in [-0.2, -0.15) is 0 Å². The molecule has 2 rings (SSSR count). The number of phenols is 1. The van der Waals surface area contributed by atoms with Crippen LogP contribution in [0.1, 0.15) is 46.8 Å². The monoisotopic (exact) mass is 328 g/mol. The maximum absolute atomic E-state index is 12.3. The van der Waals surface area contributed by atoms with E-state index in [1.54, 1.807) is 30.4 Å². The van der Waals surface area contributed by atoms with Crippen molar-refractivity contribution < 1.29 is 9.90 Å². The van der Waals surface area contributed by atoms with E-state index in [1.807, 2.05) is 12.1 Å². The lowest BCUT2D eigenvalue weighted by Gasteiger charge is -2.05. The van der Waals surface area contributed by atoms with Gasteiger partial charge in [0.05, 0.1) is 0 Å². The number of allylic oxidation sites excluding steroid dienone is 1. The number of hydrogen-bond donors (Lipinski definition) is 1. The molecule has 0 unspecified atom stereocenters. The largest absolute Gasteiger partial charge is 0.508 e. The van der Waals surface area contributed by atoms with Crippen LogP contribution in [-0.4, -0.2) is 16.8 Å². The lowest BCUT2D eigenvalue weighted by Crippen LogP contribution is -1.97. The van der Waals surface area contributed by atoms with Gasteiger partial charge in [0, 0.05) is 11.4 Å². The molecule has 0 fully saturated rings. The summed E-state index contributed by atoms with van der Waals surface area (Å²) in [6, 6.07) is 13.0. The van der Waals surface area contributed by atoms with Gasteiger partial charge in [0.2, 0.25) is 0 Å². The Labute approximate surface area is 142 Å². The first-order valence-electron chi connectivity index (χ1n) is 7.71. The molecule has 23 heavy (non-hydrogen) atoms. The smallest absolute Gasteiger partial charge is 0.185 e. The van der Waals surface area contributed by atoms with Crippen molar-refractivity contribution in [2.24, 2.45) is 0 Å². The number of carbonyl (C=O) groups excluding carboxylic acids is 1. The Morgan fingerprint density at radius 2 is 1.87 bits per heavy atom. The zero-order valence-corrected chi connectivity index (χ0v) is 14.2. The molecule has 0 atom stereocenters. The van der Waals surface area contributed by atoms with Crippen LogP contribution in [0, 0.1) is 0 Å². The van der Waals surface area contributed by atoms with Crippen LogP contribution in [0.4, 0.5) is 0 Å². The molecule has 120 valence electrons. The van der Waals surface area contributed by atoms with Crippen LogP contribution < -0.4 is 0 Å². The van der Waals surface area contributed by atoms with Gasteiger partial charge in [0.1, 0.15) is 5.75 Å². The fourth-order valence-electron chi connectivity index (χ4n) is 2.30. The minimum absolute atomic E-state index is 0.0891. The molecule has 2 aromatic rings. The molecule has 0 heterocycles. The maximum atomic E-state index is 12.3. The predicted octanol–water partition coefficient (Wildman–Crippen LogP) is 5.19. The SMILES string of the molecule is CC(C)c1ccc(C=CC(=O)c2ccc(O)c(CCCl)c2)cc1. The van der Waals surface area contributed by atoms with Crippen molar-refractivity contribution in [1.82, 2.24) is 0 Å². The number of aryl methyl sites for hydroxylation is 1. The van der Waals surface area contributed by atoms with Crippen LogP contribution >= 0.6 is 11.6 Å². The average Bonchev–Trinajstić information content (AvgIpc) is 2.55. The normalized spacial score (nSPS) is 11.3. The molecule has 3 heteroatoms. The van der Waals surface area contributed by atoms with Crippen molar-refractivity contribution in [1.29, 1.82) is 0 Å². The summed E-state index contributed by atoms with van der Waals surface area (Å²) < 4.78 is 0. The number of halogens is 1. The summed E-state index contributed by atoms with van der Waals surface area (Å²) in [6.07, 6.45) is 3.90. The van der Waals surface area contributed by atoms with Gasteiger partial charge in [0.15, 0.2) is 5.78 Å². The van der Waals surface area contributed by atoms with Crippen LogP contribution in [0.15, 0.2) is 48.5 Å². The van der Waals surface area contributed by atoms with Gasteiger partial charge in [-0.15, -0.1) is 11.6 Å². The molecule has 0 amide bonds. The van der Waals surface area contributed by atoms with Crippen molar-refractivity contribution in [3.8, 4) is 5.75 Å². The second-order valence-electron chi connectivity index (χ2n) is 5.80. The number of carbonyl (C=O) groups is 1. The highest BCUT2D eigenvalue weighted by molar-refractivity contribution is 6.18. The van der Waals surface area contributed by atoms with Gasteiger partial charge in [-0.1, -0.05) is 44.2 Å². The fraction of sp³-hybridized carbons (Fsp3) is 0.250. The molecule has 1 N–H and O–H groups in total. The minimum Gasteiger partial charge on any atom is -0.508 e. The van der Waals surface area contributed by atoms with Gasteiger partial charge >= 0.3 is 0 Å². The molecular weight excluding hydrogens is 308 g/mol. The van der Waals surface area contributed by atoms with Crippen molar-refractivity contribution >= 4 is 23.5 Å². The quantitative estimate of drug-likeness (QED) is 0.450. The number of rotatable bonds is 6. The fourth-order valence-corrected chi connectivity index (χ4v) is 2.50. The molecule has 2 aromatic carbocycles. The van der Waals surface area contributed by atoms with E-state index in [2.05, 4.69) is 26.0 Å². The van der Waals surface area contributed by atoms with E-state index in [0.717, 1.165) is 5.56 Å². The number of benzene rings is 2. The molecule has 0 spiro atoms. The molecule has 0 saturated carbocycles. The number of phenolic OH excluding ortho intramolecular Hbond substituents is 1. The first-order chi connectivity index (χ1) is 11.0. The number of hydrogen-bond acceptors (Lipinski definition) is 2. The first kappa shape index (κ1) is 17.3. The highest BCUT2D eigenvalue weighted by atomic mass is 35.5. The Balaban J connectivity index is 2.13. The molecule has 2 nitrogen and oxygen atoms in total. The summed E-state index contributed by atoms with van der Waals surface area (Å²) in [7, 11) is 0. The Kier molecular flexibility index (Phi) is 6.00. The van der Waals surface area contributed by atoms with Gasteiger partial charge in [-0.3, -0.25) is 4.79 Å². The summed E-state index contributed by atoms with van der Waals surface area (Å²) in [5, 5.41) is 9.74. The summed E-state index contributed by atoms with van der Waals surface area (Å²) in [4.78, 5) is 12.3. The molecule has 0 saturated heterocycles. The van der Waals surface area contributed by atoms with E-state index in [1.165, 1.54) is 5.56 Å². The van der Waals surface area contributed by atoms with Gasteiger partial charge in [0.25, 0.3) is 0 Å². The summed E-state index contributed by atoms with van der Waals surface area (Å²) in [6.45, 7) is 4.30. The zero-order chi connectivity index (χ0) is 16.8. The molecule has 0 bridgehead atoms. The minimum atomic E-state index is -0.0891.